The Morgan fingerprint density at radius 3 is 3.06 bits per heavy atom. The highest BCUT2D eigenvalue weighted by atomic mass is 16.1. The molecule has 1 aliphatic rings. The molecular weight excluding hydrogens is 226 g/mol. The third-order valence-electron chi connectivity index (χ3n) is 3.49. The Bertz CT molecular complexity index is 649. The Kier molecular flexibility index (Phi) is 2.52. The number of amides is 1. The number of nitrogens with zero attached hydrogens (tertiary/aromatic N) is 1. The summed E-state index contributed by atoms with van der Waals surface area (Å²) in [5.74, 6) is -0.368. The van der Waals surface area contributed by atoms with Crippen molar-refractivity contribution in [1.29, 1.82) is 0 Å². The summed E-state index contributed by atoms with van der Waals surface area (Å²) in [5, 5.41) is 4.13. The number of benzene rings is 1. The molecule has 18 heavy (non-hydrogen) atoms. The highest BCUT2D eigenvalue weighted by molar-refractivity contribution is 6.07. The Hall–Kier alpha value is -1.94. The SMILES string of the molecule is Cc1cccc2c(C(N)=O)c3c(nc12)CCNC3. The van der Waals surface area contributed by atoms with E-state index in [1.165, 1.54) is 0 Å². The van der Waals surface area contributed by atoms with Crippen molar-refractivity contribution in [1.82, 2.24) is 10.3 Å². The van der Waals surface area contributed by atoms with E-state index in [1.54, 1.807) is 0 Å². The van der Waals surface area contributed by atoms with E-state index in [4.69, 9.17) is 10.7 Å². The van der Waals surface area contributed by atoms with Crippen molar-refractivity contribution in [3.63, 3.8) is 0 Å². The first-order chi connectivity index (χ1) is 8.68. The Morgan fingerprint density at radius 1 is 1.44 bits per heavy atom. The second-order valence-corrected chi connectivity index (χ2v) is 4.67. The molecule has 0 fully saturated rings. The summed E-state index contributed by atoms with van der Waals surface area (Å²) in [6.45, 7) is 3.58. The predicted molar refractivity (Wildman–Crippen MR) is 70.4 cm³/mol. The van der Waals surface area contributed by atoms with Crippen molar-refractivity contribution in [3.8, 4) is 0 Å². The topological polar surface area (TPSA) is 68.0 Å². The summed E-state index contributed by atoms with van der Waals surface area (Å²) in [6, 6.07) is 5.87. The molecule has 1 amide bonds. The molecule has 0 unspecified atom stereocenters. The van der Waals surface area contributed by atoms with Crippen LogP contribution >= 0.6 is 0 Å². The van der Waals surface area contributed by atoms with Gasteiger partial charge < -0.3 is 11.1 Å². The van der Waals surface area contributed by atoms with Gasteiger partial charge in [0.15, 0.2) is 0 Å². The average molecular weight is 241 g/mol. The summed E-state index contributed by atoms with van der Waals surface area (Å²) in [7, 11) is 0. The van der Waals surface area contributed by atoms with Crippen molar-refractivity contribution < 1.29 is 4.79 Å². The molecule has 1 aliphatic heterocycles. The van der Waals surface area contributed by atoms with Crippen LogP contribution in [0, 0.1) is 6.92 Å². The first-order valence-electron chi connectivity index (χ1n) is 6.10. The van der Waals surface area contributed by atoms with E-state index in [2.05, 4.69) is 5.32 Å². The van der Waals surface area contributed by atoms with E-state index in [9.17, 15) is 4.79 Å². The maximum absolute atomic E-state index is 11.8. The fourth-order valence-electron chi connectivity index (χ4n) is 2.62. The second kappa shape index (κ2) is 4.07. The molecule has 0 saturated heterocycles. The van der Waals surface area contributed by atoms with E-state index in [-0.39, 0.29) is 5.91 Å². The van der Waals surface area contributed by atoms with Crippen LogP contribution in [0.5, 0.6) is 0 Å². The van der Waals surface area contributed by atoms with Crippen LogP contribution in [-0.4, -0.2) is 17.4 Å². The minimum atomic E-state index is -0.368. The van der Waals surface area contributed by atoms with Crippen molar-refractivity contribution in [2.24, 2.45) is 5.73 Å². The number of primary amides is 1. The maximum atomic E-state index is 11.8. The van der Waals surface area contributed by atoms with Gasteiger partial charge in [0.25, 0.3) is 0 Å². The number of hydrogen-bond acceptors (Lipinski definition) is 3. The monoisotopic (exact) mass is 241 g/mol. The third kappa shape index (κ3) is 1.57. The van der Waals surface area contributed by atoms with Crippen LogP contribution in [0.15, 0.2) is 18.2 Å². The van der Waals surface area contributed by atoms with E-state index in [0.717, 1.165) is 40.7 Å². The number of aryl methyl sites for hydroxylation is 1. The molecule has 1 aromatic carbocycles. The van der Waals surface area contributed by atoms with Gasteiger partial charge in [0.1, 0.15) is 0 Å². The highest BCUT2D eigenvalue weighted by Crippen LogP contribution is 2.27. The molecule has 4 nitrogen and oxygen atoms in total. The fourth-order valence-corrected chi connectivity index (χ4v) is 2.62. The molecule has 0 aliphatic carbocycles. The maximum Gasteiger partial charge on any atom is 0.249 e. The smallest absolute Gasteiger partial charge is 0.249 e. The van der Waals surface area contributed by atoms with E-state index in [0.29, 0.717) is 12.1 Å². The lowest BCUT2D eigenvalue weighted by atomic mass is 9.95. The van der Waals surface area contributed by atoms with Gasteiger partial charge in [-0.2, -0.15) is 0 Å². The molecule has 4 heteroatoms. The molecule has 2 aromatic rings. The van der Waals surface area contributed by atoms with Crippen molar-refractivity contribution in [2.45, 2.75) is 19.9 Å². The predicted octanol–water partition coefficient (Wildman–Crippen LogP) is 1.29. The number of rotatable bonds is 1. The van der Waals surface area contributed by atoms with Crippen LogP contribution in [0.4, 0.5) is 0 Å². The Labute approximate surface area is 105 Å². The molecule has 0 atom stereocenters. The average Bonchev–Trinajstić information content (AvgIpc) is 2.36. The molecule has 3 N–H and O–H groups in total. The molecule has 0 spiro atoms. The first kappa shape index (κ1) is 11.2. The molecule has 1 aromatic heterocycles. The molecule has 0 saturated carbocycles. The van der Waals surface area contributed by atoms with Crippen LogP contribution in [0.1, 0.15) is 27.2 Å². The number of aromatic nitrogens is 1. The lowest BCUT2D eigenvalue weighted by Gasteiger charge is -2.20. The van der Waals surface area contributed by atoms with Crippen molar-refractivity contribution in [2.75, 3.05) is 6.54 Å². The summed E-state index contributed by atoms with van der Waals surface area (Å²) in [4.78, 5) is 16.5. The van der Waals surface area contributed by atoms with Gasteiger partial charge in [-0.15, -0.1) is 0 Å². The van der Waals surface area contributed by atoms with Gasteiger partial charge in [0.05, 0.1) is 11.1 Å². The van der Waals surface area contributed by atoms with Gasteiger partial charge >= 0.3 is 0 Å². The largest absolute Gasteiger partial charge is 0.366 e. The molecular formula is C14H15N3O. The van der Waals surface area contributed by atoms with Gasteiger partial charge in [-0.05, 0) is 12.5 Å². The second-order valence-electron chi connectivity index (χ2n) is 4.67. The van der Waals surface area contributed by atoms with Gasteiger partial charge in [0, 0.05) is 36.2 Å². The van der Waals surface area contributed by atoms with E-state index < -0.39 is 0 Å². The lowest BCUT2D eigenvalue weighted by Crippen LogP contribution is -2.28. The highest BCUT2D eigenvalue weighted by Gasteiger charge is 2.21. The standard InChI is InChI=1S/C14H15N3O/c1-8-3-2-4-9-12(14(15)18)10-7-16-6-5-11(10)17-13(8)9/h2-4,16H,5-7H2,1H3,(H2,15,18). The Morgan fingerprint density at radius 2 is 2.28 bits per heavy atom. The number of nitrogens with one attached hydrogen (secondary N) is 1. The lowest BCUT2D eigenvalue weighted by molar-refractivity contribution is 0.100. The van der Waals surface area contributed by atoms with Gasteiger partial charge in [0.2, 0.25) is 5.91 Å². The molecule has 2 heterocycles. The summed E-state index contributed by atoms with van der Waals surface area (Å²) < 4.78 is 0. The van der Waals surface area contributed by atoms with Gasteiger partial charge in [-0.1, -0.05) is 18.2 Å². The third-order valence-corrected chi connectivity index (χ3v) is 3.49. The fraction of sp³-hybridized carbons (Fsp3) is 0.286. The zero-order valence-corrected chi connectivity index (χ0v) is 10.3. The normalized spacial score (nSPS) is 14.5. The minimum absolute atomic E-state index is 0.368. The van der Waals surface area contributed by atoms with Crippen LogP contribution in [0.3, 0.4) is 0 Å². The zero-order valence-electron chi connectivity index (χ0n) is 10.3. The number of pyridine rings is 1. The van der Waals surface area contributed by atoms with Crippen LogP contribution in [0.25, 0.3) is 10.9 Å². The van der Waals surface area contributed by atoms with Crippen LogP contribution in [0.2, 0.25) is 0 Å². The zero-order chi connectivity index (χ0) is 12.7. The quantitative estimate of drug-likeness (QED) is 0.790. The number of para-hydroxylation sites is 1. The number of fused-ring (bicyclic) bond motifs is 2. The van der Waals surface area contributed by atoms with Crippen LogP contribution in [-0.2, 0) is 13.0 Å². The molecule has 3 rings (SSSR count). The van der Waals surface area contributed by atoms with Crippen molar-refractivity contribution in [3.05, 3.63) is 40.6 Å². The van der Waals surface area contributed by atoms with E-state index >= 15 is 0 Å². The first-order valence-corrected chi connectivity index (χ1v) is 6.10. The summed E-state index contributed by atoms with van der Waals surface area (Å²) in [5.41, 5.74) is 10.1. The molecule has 92 valence electrons. The number of hydrogen-bond donors (Lipinski definition) is 2. The molecule has 0 radical (unpaired) electrons. The summed E-state index contributed by atoms with van der Waals surface area (Å²) >= 11 is 0. The van der Waals surface area contributed by atoms with Gasteiger partial charge in [-0.25, -0.2) is 0 Å². The van der Waals surface area contributed by atoms with Crippen LogP contribution < -0.4 is 11.1 Å². The minimum Gasteiger partial charge on any atom is -0.366 e. The number of carbonyl (C=O) groups is 1. The molecule has 0 bridgehead atoms. The number of carbonyl (C=O) groups excluding carboxylic acids is 1. The summed E-state index contributed by atoms with van der Waals surface area (Å²) in [6.07, 6.45) is 0.847. The van der Waals surface area contributed by atoms with E-state index in [1.807, 2.05) is 25.1 Å². The van der Waals surface area contributed by atoms with Crippen molar-refractivity contribution >= 4 is 16.8 Å². The Balaban J connectivity index is 2.44. The number of nitrogens with two attached hydrogens (primary N) is 1. The van der Waals surface area contributed by atoms with Gasteiger partial charge in [-0.3, -0.25) is 9.78 Å².